The van der Waals surface area contributed by atoms with Crippen LogP contribution in [0.3, 0.4) is 0 Å². The first-order chi connectivity index (χ1) is 11.3. The molecule has 24 heavy (non-hydrogen) atoms. The lowest BCUT2D eigenvalue weighted by Crippen LogP contribution is -2.23. The zero-order chi connectivity index (χ0) is 17.7. The molecule has 1 aromatic heterocycles. The van der Waals surface area contributed by atoms with Crippen molar-refractivity contribution < 1.29 is 18.0 Å². The molecule has 0 aliphatic carbocycles. The van der Waals surface area contributed by atoms with Crippen LogP contribution in [0.1, 0.15) is 15.9 Å². The van der Waals surface area contributed by atoms with Crippen molar-refractivity contribution in [2.45, 2.75) is 6.18 Å². The van der Waals surface area contributed by atoms with Crippen molar-refractivity contribution in [3.8, 4) is 0 Å². The average Bonchev–Trinajstić information content (AvgIpc) is 2.53. The van der Waals surface area contributed by atoms with E-state index in [2.05, 4.69) is 22.2 Å². The fourth-order valence-corrected chi connectivity index (χ4v) is 2.10. The molecule has 0 spiro atoms. The number of hydrogen-bond acceptors (Lipinski definition) is 3. The summed E-state index contributed by atoms with van der Waals surface area (Å²) in [4.78, 5) is 15.8. The van der Waals surface area contributed by atoms with Gasteiger partial charge >= 0.3 is 6.18 Å². The van der Waals surface area contributed by atoms with Crippen LogP contribution < -0.4 is 10.6 Å². The van der Waals surface area contributed by atoms with E-state index in [9.17, 15) is 18.0 Å². The second-order valence-corrected chi connectivity index (χ2v) is 5.15. The van der Waals surface area contributed by atoms with E-state index in [0.29, 0.717) is 12.1 Å². The van der Waals surface area contributed by atoms with Crippen molar-refractivity contribution in [3.05, 3.63) is 65.3 Å². The molecule has 0 radical (unpaired) electrons. The Hall–Kier alpha value is -2.54. The Morgan fingerprint density at radius 2 is 2.04 bits per heavy atom. The topological polar surface area (TPSA) is 54.0 Å². The van der Waals surface area contributed by atoms with Crippen molar-refractivity contribution in [2.24, 2.45) is 0 Å². The van der Waals surface area contributed by atoms with Gasteiger partial charge in [-0.15, -0.1) is 6.58 Å². The molecule has 1 aromatic carbocycles. The predicted octanol–water partition coefficient (Wildman–Crippen LogP) is 4.41. The second kappa shape index (κ2) is 7.35. The van der Waals surface area contributed by atoms with Gasteiger partial charge < -0.3 is 10.6 Å². The Labute approximate surface area is 141 Å². The summed E-state index contributed by atoms with van der Waals surface area (Å²) >= 11 is 5.57. The highest BCUT2D eigenvalue weighted by Crippen LogP contribution is 2.36. The zero-order valence-corrected chi connectivity index (χ0v) is 13.1. The minimum absolute atomic E-state index is 0.155. The van der Waals surface area contributed by atoms with E-state index < -0.39 is 16.8 Å². The summed E-state index contributed by atoms with van der Waals surface area (Å²) in [5.41, 5.74) is -0.476. The van der Waals surface area contributed by atoms with Crippen LogP contribution in [0.5, 0.6) is 0 Å². The highest BCUT2D eigenvalue weighted by atomic mass is 35.5. The van der Waals surface area contributed by atoms with Crippen molar-refractivity contribution in [1.82, 2.24) is 10.3 Å². The lowest BCUT2D eigenvalue weighted by Gasteiger charge is -2.12. The third-order valence-electron chi connectivity index (χ3n) is 2.97. The molecule has 1 heterocycles. The molecule has 0 saturated carbocycles. The van der Waals surface area contributed by atoms with Crippen molar-refractivity contribution in [3.63, 3.8) is 0 Å². The summed E-state index contributed by atoms with van der Waals surface area (Å²) in [6.07, 6.45) is -1.65. The molecule has 4 nitrogen and oxygen atoms in total. The standard InChI is InChI=1S/C16H13ClF3N3O/c1-2-6-22-15(24)10-5-7-21-14(8-10)23-11-3-4-13(17)12(9-11)16(18,19)20/h2-5,7-9H,1,6H2,(H,21,23)(H,22,24). The first-order valence-electron chi connectivity index (χ1n) is 6.80. The maximum atomic E-state index is 12.9. The molecular weight excluding hydrogens is 343 g/mol. The molecular formula is C16H13ClF3N3O. The number of rotatable bonds is 5. The zero-order valence-electron chi connectivity index (χ0n) is 12.3. The van der Waals surface area contributed by atoms with Gasteiger partial charge in [-0.05, 0) is 30.3 Å². The van der Waals surface area contributed by atoms with Crippen LogP contribution in [0.2, 0.25) is 5.02 Å². The van der Waals surface area contributed by atoms with Gasteiger partial charge in [0.25, 0.3) is 5.91 Å². The Morgan fingerprint density at radius 1 is 1.29 bits per heavy atom. The monoisotopic (exact) mass is 355 g/mol. The van der Waals surface area contributed by atoms with Crippen LogP contribution in [-0.2, 0) is 6.18 Å². The third-order valence-corrected chi connectivity index (χ3v) is 3.30. The van der Waals surface area contributed by atoms with Crippen LogP contribution in [-0.4, -0.2) is 17.4 Å². The number of halogens is 4. The number of pyridine rings is 1. The first-order valence-corrected chi connectivity index (χ1v) is 7.18. The smallest absolute Gasteiger partial charge is 0.349 e. The number of amides is 1. The number of anilines is 2. The number of benzene rings is 1. The quantitative estimate of drug-likeness (QED) is 0.781. The molecule has 2 rings (SSSR count). The van der Waals surface area contributed by atoms with Gasteiger partial charge in [-0.1, -0.05) is 17.7 Å². The van der Waals surface area contributed by atoms with Crippen molar-refractivity contribution >= 4 is 29.0 Å². The van der Waals surface area contributed by atoms with Crippen LogP contribution in [0.15, 0.2) is 49.2 Å². The van der Waals surface area contributed by atoms with E-state index in [4.69, 9.17) is 11.6 Å². The molecule has 0 atom stereocenters. The average molecular weight is 356 g/mol. The molecule has 126 valence electrons. The minimum Gasteiger partial charge on any atom is -0.349 e. The molecule has 1 amide bonds. The number of alkyl halides is 3. The van der Waals surface area contributed by atoms with Gasteiger partial charge in [0.1, 0.15) is 5.82 Å². The maximum Gasteiger partial charge on any atom is 0.417 e. The number of carbonyl (C=O) groups is 1. The molecule has 8 heteroatoms. The minimum atomic E-state index is -4.56. The van der Waals surface area contributed by atoms with Gasteiger partial charge in [-0.2, -0.15) is 13.2 Å². The summed E-state index contributed by atoms with van der Waals surface area (Å²) in [7, 11) is 0. The van der Waals surface area contributed by atoms with Gasteiger partial charge in [0.15, 0.2) is 0 Å². The molecule has 0 aliphatic heterocycles. The summed E-state index contributed by atoms with van der Waals surface area (Å²) in [5.74, 6) is -0.107. The molecule has 0 saturated heterocycles. The van der Waals surface area contributed by atoms with Gasteiger partial charge in [-0.3, -0.25) is 4.79 Å². The van der Waals surface area contributed by atoms with Gasteiger partial charge in [-0.25, -0.2) is 4.98 Å². The van der Waals surface area contributed by atoms with E-state index in [1.165, 1.54) is 30.5 Å². The molecule has 0 unspecified atom stereocenters. The Morgan fingerprint density at radius 3 is 2.71 bits per heavy atom. The number of nitrogens with zero attached hydrogens (tertiary/aromatic N) is 1. The van der Waals surface area contributed by atoms with Crippen LogP contribution in [0.25, 0.3) is 0 Å². The third kappa shape index (κ3) is 4.48. The van der Waals surface area contributed by atoms with Gasteiger partial charge in [0.2, 0.25) is 0 Å². The molecule has 0 fully saturated rings. The number of carbonyl (C=O) groups excluding carboxylic acids is 1. The van der Waals surface area contributed by atoms with Crippen LogP contribution in [0.4, 0.5) is 24.7 Å². The van der Waals surface area contributed by atoms with Crippen molar-refractivity contribution in [2.75, 3.05) is 11.9 Å². The Bertz CT molecular complexity index is 762. The van der Waals surface area contributed by atoms with Gasteiger partial charge in [0, 0.05) is 24.0 Å². The normalized spacial score (nSPS) is 11.0. The summed E-state index contributed by atoms with van der Waals surface area (Å²) in [5, 5.41) is 4.93. The van der Waals surface area contributed by atoms with E-state index in [-0.39, 0.29) is 17.4 Å². The summed E-state index contributed by atoms with van der Waals surface area (Å²) in [6, 6.07) is 6.35. The van der Waals surface area contributed by atoms with E-state index >= 15 is 0 Å². The number of aromatic nitrogens is 1. The molecule has 2 aromatic rings. The maximum absolute atomic E-state index is 12.9. The van der Waals surface area contributed by atoms with Crippen LogP contribution >= 0.6 is 11.6 Å². The van der Waals surface area contributed by atoms with E-state index in [1.807, 2.05) is 0 Å². The summed E-state index contributed by atoms with van der Waals surface area (Å²) in [6.45, 7) is 3.79. The van der Waals surface area contributed by atoms with Crippen molar-refractivity contribution in [1.29, 1.82) is 0 Å². The first kappa shape index (κ1) is 17.8. The molecule has 0 bridgehead atoms. The lowest BCUT2D eigenvalue weighted by molar-refractivity contribution is -0.137. The fraction of sp³-hybridized carbons (Fsp3) is 0.125. The highest BCUT2D eigenvalue weighted by molar-refractivity contribution is 6.31. The van der Waals surface area contributed by atoms with Gasteiger partial charge in [0.05, 0.1) is 10.6 Å². The predicted molar refractivity (Wildman–Crippen MR) is 86.5 cm³/mol. The SMILES string of the molecule is C=CCNC(=O)c1ccnc(Nc2ccc(Cl)c(C(F)(F)F)c2)c1. The number of nitrogens with one attached hydrogen (secondary N) is 2. The Balaban J connectivity index is 2.23. The second-order valence-electron chi connectivity index (χ2n) is 4.75. The van der Waals surface area contributed by atoms with Crippen LogP contribution in [0, 0.1) is 0 Å². The fourth-order valence-electron chi connectivity index (χ4n) is 1.88. The van der Waals surface area contributed by atoms with E-state index in [0.717, 1.165) is 12.1 Å². The largest absolute Gasteiger partial charge is 0.417 e. The molecule has 2 N–H and O–H groups in total. The molecule has 0 aliphatic rings. The lowest BCUT2D eigenvalue weighted by atomic mass is 10.2. The summed E-state index contributed by atoms with van der Waals surface area (Å²) < 4.78 is 38.6. The Kier molecular flexibility index (Phi) is 5.46. The number of hydrogen-bond donors (Lipinski definition) is 2. The van der Waals surface area contributed by atoms with E-state index in [1.54, 1.807) is 0 Å². The highest BCUT2D eigenvalue weighted by Gasteiger charge is 2.33.